The molecule has 0 aliphatic carbocycles. The molecule has 1 aromatic rings. The lowest BCUT2D eigenvalue weighted by atomic mass is 10.4. The fourth-order valence-electron chi connectivity index (χ4n) is 1.02. The first kappa shape index (κ1) is 11.3. The highest BCUT2D eigenvalue weighted by molar-refractivity contribution is 6.55. The van der Waals surface area contributed by atoms with Crippen molar-refractivity contribution in [3.05, 3.63) is 28.0 Å². The quantitative estimate of drug-likeness (QED) is 0.870. The molecule has 0 amide bonds. The van der Waals surface area contributed by atoms with Gasteiger partial charge < -0.3 is 5.32 Å². The van der Waals surface area contributed by atoms with Gasteiger partial charge in [0.1, 0.15) is 4.49 Å². The summed E-state index contributed by atoms with van der Waals surface area (Å²) >= 11 is 10.9. The van der Waals surface area contributed by atoms with Crippen molar-refractivity contribution in [2.75, 3.05) is 11.9 Å². The van der Waals surface area contributed by atoms with Gasteiger partial charge in [-0.2, -0.15) is 0 Å². The van der Waals surface area contributed by atoms with Gasteiger partial charge in [0.25, 0.3) is 0 Å². The maximum absolute atomic E-state index is 5.45. The molecule has 0 radical (unpaired) electrons. The van der Waals surface area contributed by atoms with Crippen molar-refractivity contribution in [2.45, 2.75) is 13.8 Å². The Hall–Kier alpha value is -0.800. The van der Waals surface area contributed by atoms with E-state index in [0.29, 0.717) is 12.5 Å². The predicted molar refractivity (Wildman–Crippen MR) is 59.8 cm³/mol. The van der Waals surface area contributed by atoms with E-state index in [-0.39, 0.29) is 4.49 Å². The first-order chi connectivity index (χ1) is 6.58. The standard InChI is InChI=1S/C9H11Cl2N3/c1-6-5-7(2)14-9(13-6)12-4-3-8(10)11/h3,5H,4H2,1-2H3,(H,12,13,14). The fraction of sp³-hybridized carbons (Fsp3) is 0.333. The van der Waals surface area contributed by atoms with Gasteiger partial charge in [-0.15, -0.1) is 0 Å². The summed E-state index contributed by atoms with van der Waals surface area (Å²) in [5, 5.41) is 2.99. The summed E-state index contributed by atoms with van der Waals surface area (Å²) < 4.78 is 0.238. The van der Waals surface area contributed by atoms with Crippen LogP contribution in [-0.4, -0.2) is 16.5 Å². The van der Waals surface area contributed by atoms with E-state index in [1.807, 2.05) is 19.9 Å². The summed E-state index contributed by atoms with van der Waals surface area (Å²) in [5.74, 6) is 0.591. The van der Waals surface area contributed by atoms with Crippen LogP contribution in [0.5, 0.6) is 0 Å². The molecule has 0 saturated heterocycles. The number of rotatable bonds is 3. The van der Waals surface area contributed by atoms with Crippen LogP contribution in [0.2, 0.25) is 0 Å². The minimum absolute atomic E-state index is 0.238. The first-order valence-corrected chi connectivity index (χ1v) is 4.91. The van der Waals surface area contributed by atoms with Gasteiger partial charge in [-0.3, -0.25) is 0 Å². The van der Waals surface area contributed by atoms with Crippen LogP contribution in [0.15, 0.2) is 16.6 Å². The normalized spacial score (nSPS) is 9.71. The molecule has 1 rings (SSSR count). The van der Waals surface area contributed by atoms with Crippen molar-refractivity contribution in [2.24, 2.45) is 0 Å². The van der Waals surface area contributed by atoms with Crippen molar-refractivity contribution in [1.82, 2.24) is 9.97 Å². The van der Waals surface area contributed by atoms with Gasteiger partial charge in [0.05, 0.1) is 0 Å². The molecule has 14 heavy (non-hydrogen) atoms. The van der Waals surface area contributed by atoms with E-state index in [2.05, 4.69) is 15.3 Å². The summed E-state index contributed by atoms with van der Waals surface area (Å²) in [6, 6.07) is 1.91. The SMILES string of the molecule is Cc1cc(C)nc(NCC=C(Cl)Cl)n1. The van der Waals surface area contributed by atoms with E-state index in [9.17, 15) is 0 Å². The minimum Gasteiger partial charge on any atom is -0.351 e. The second kappa shape index (κ2) is 5.17. The molecule has 1 aromatic heterocycles. The number of hydrogen-bond donors (Lipinski definition) is 1. The molecule has 0 fully saturated rings. The van der Waals surface area contributed by atoms with E-state index in [0.717, 1.165) is 11.4 Å². The molecule has 0 aromatic carbocycles. The third kappa shape index (κ3) is 3.94. The summed E-state index contributed by atoms with van der Waals surface area (Å²) in [6.45, 7) is 4.36. The Labute approximate surface area is 93.2 Å². The highest BCUT2D eigenvalue weighted by Gasteiger charge is 1.96. The molecule has 5 heteroatoms. The molecule has 0 atom stereocenters. The lowest BCUT2D eigenvalue weighted by Gasteiger charge is -2.03. The number of nitrogens with one attached hydrogen (secondary N) is 1. The highest BCUT2D eigenvalue weighted by Crippen LogP contribution is 2.06. The van der Waals surface area contributed by atoms with Crippen LogP contribution in [-0.2, 0) is 0 Å². The average Bonchev–Trinajstić information content (AvgIpc) is 2.01. The van der Waals surface area contributed by atoms with Gasteiger partial charge in [-0.05, 0) is 26.0 Å². The van der Waals surface area contributed by atoms with Crippen molar-refractivity contribution < 1.29 is 0 Å². The Morgan fingerprint density at radius 2 is 1.93 bits per heavy atom. The predicted octanol–water partition coefficient (Wildman–Crippen LogP) is 2.82. The number of aromatic nitrogens is 2. The Balaban J connectivity index is 2.63. The molecular formula is C9H11Cl2N3. The number of nitrogens with zero attached hydrogens (tertiary/aromatic N) is 2. The van der Waals surface area contributed by atoms with Crippen LogP contribution in [0.4, 0.5) is 5.95 Å². The Kier molecular flexibility index (Phi) is 4.17. The van der Waals surface area contributed by atoms with Gasteiger partial charge in [0.15, 0.2) is 0 Å². The van der Waals surface area contributed by atoms with E-state index < -0.39 is 0 Å². The molecule has 0 saturated carbocycles. The van der Waals surface area contributed by atoms with Crippen molar-refractivity contribution >= 4 is 29.2 Å². The van der Waals surface area contributed by atoms with Crippen LogP contribution in [0.25, 0.3) is 0 Å². The number of hydrogen-bond acceptors (Lipinski definition) is 3. The van der Waals surface area contributed by atoms with E-state index in [4.69, 9.17) is 23.2 Å². The number of aryl methyl sites for hydroxylation is 2. The van der Waals surface area contributed by atoms with E-state index in [1.54, 1.807) is 6.08 Å². The average molecular weight is 232 g/mol. The maximum Gasteiger partial charge on any atom is 0.223 e. The number of anilines is 1. The largest absolute Gasteiger partial charge is 0.351 e. The van der Waals surface area contributed by atoms with Crippen molar-refractivity contribution in [1.29, 1.82) is 0 Å². The Bertz CT molecular complexity index is 326. The second-order valence-electron chi connectivity index (χ2n) is 2.85. The van der Waals surface area contributed by atoms with E-state index in [1.165, 1.54) is 0 Å². The zero-order chi connectivity index (χ0) is 10.6. The molecule has 0 spiro atoms. The third-order valence-corrected chi connectivity index (χ3v) is 1.81. The zero-order valence-corrected chi connectivity index (χ0v) is 9.52. The summed E-state index contributed by atoms with van der Waals surface area (Å²) in [6.07, 6.45) is 1.64. The van der Waals surface area contributed by atoms with Gasteiger partial charge in [-0.1, -0.05) is 23.2 Å². The zero-order valence-electron chi connectivity index (χ0n) is 8.01. The highest BCUT2D eigenvalue weighted by atomic mass is 35.5. The van der Waals surface area contributed by atoms with Gasteiger partial charge in [0.2, 0.25) is 5.95 Å². The van der Waals surface area contributed by atoms with Crippen LogP contribution >= 0.6 is 23.2 Å². The Morgan fingerprint density at radius 3 is 2.43 bits per heavy atom. The molecule has 3 nitrogen and oxygen atoms in total. The molecule has 1 N–H and O–H groups in total. The van der Waals surface area contributed by atoms with Gasteiger partial charge in [0, 0.05) is 17.9 Å². The number of halogens is 2. The third-order valence-electron chi connectivity index (χ3n) is 1.50. The van der Waals surface area contributed by atoms with Crippen LogP contribution in [0.3, 0.4) is 0 Å². The Morgan fingerprint density at radius 1 is 1.36 bits per heavy atom. The summed E-state index contributed by atoms with van der Waals surface area (Å²) in [5.41, 5.74) is 1.86. The fourth-order valence-corrected chi connectivity index (χ4v) is 1.18. The second-order valence-corrected chi connectivity index (χ2v) is 3.86. The molecule has 0 aliphatic heterocycles. The van der Waals surface area contributed by atoms with Crippen molar-refractivity contribution in [3.63, 3.8) is 0 Å². The topological polar surface area (TPSA) is 37.8 Å². The minimum atomic E-state index is 0.238. The lowest BCUT2D eigenvalue weighted by molar-refractivity contribution is 1.04. The molecule has 76 valence electrons. The van der Waals surface area contributed by atoms with Crippen LogP contribution in [0, 0.1) is 13.8 Å². The lowest BCUT2D eigenvalue weighted by Crippen LogP contribution is -2.04. The van der Waals surface area contributed by atoms with Crippen LogP contribution < -0.4 is 5.32 Å². The maximum atomic E-state index is 5.45. The molecule has 0 unspecified atom stereocenters. The van der Waals surface area contributed by atoms with E-state index >= 15 is 0 Å². The first-order valence-electron chi connectivity index (χ1n) is 4.15. The summed E-state index contributed by atoms with van der Waals surface area (Å²) in [4.78, 5) is 8.39. The van der Waals surface area contributed by atoms with Crippen molar-refractivity contribution in [3.8, 4) is 0 Å². The molecule has 1 heterocycles. The molecular weight excluding hydrogens is 221 g/mol. The summed E-state index contributed by atoms with van der Waals surface area (Å²) in [7, 11) is 0. The smallest absolute Gasteiger partial charge is 0.223 e. The van der Waals surface area contributed by atoms with Crippen LogP contribution in [0.1, 0.15) is 11.4 Å². The molecule has 0 bridgehead atoms. The van der Waals surface area contributed by atoms with Gasteiger partial charge >= 0.3 is 0 Å². The monoisotopic (exact) mass is 231 g/mol. The molecule has 0 aliphatic rings. The van der Waals surface area contributed by atoms with Gasteiger partial charge in [-0.25, -0.2) is 9.97 Å².